The Kier molecular flexibility index (Phi) is 4.74. The second-order valence-electron chi connectivity index (χ2n) is 7.52. The van der Waals surface area contributed by atoms with Crippen molar-refractivity contribution in [3.63, 3.8) is 0 Å². The summed E-state index contributed by atoms with van der Waals surface area (Å²) in [5.74, 6) is -1.70. The van der Waals surface area contributed by atoms with Gasteiger partial charge in [-0.05, 0) is 17.5 Å². The van der Waals surface area contributed by atoms with Crippen LogP contribution in [0.4, 0.5) is 5.69 Å². The lowest BCUT2D eigenvalue weighted by Crippen LogP contribution is -2.39. The van der Waals surface area contributed by atoms with E-state index in [4.69, 9.17) is 0 Å². The summed E-state index contributed by atoms with van der Waals surface area (Å²) in [4.78, 5) is 38.2. The van der Waals surface area contributed by atoms with Crippen molar-refractivity contribution >= 4 is 23.2 Å². The number of ketones is 2. The van der Waals surface area contributed by atoms with Crippen LogP contribution in [0.1, 0.15) is 65.5 Å². The van der Waals surface area contributed by atoms with Gasteiger partial charge in [-0.2, -0.15) is 0 Å². The van der Waals surface area contributed by atoms with Crippen molar-refractivity contribution in [2.45, 2.75) is 39.2 Å². The highest BCUT2D eigenvalue weighted by Gasteiger charge is 2.54. The fourth-order valence-corrected chi connectivity index (χ4v) is 3.23. The van der Waals surface area contributed by atoms with Crippen molar-refractivity contribution < 1.29 is 19.5 Å². The molecule has 0 heterocycles. The van der Waals surface area contributed by atoms with Crippen LogP contribution in [0.25, 0.3) is 0 Å². The molecule has 5 nitrogen and oxygen atoms in total. The molecule has 0 saturated heterocycles. The van der Waals surface area contributed by atoms with Gasteiger partial charge in [-0.3, -0.25) is 14.4 Å². The van der Waals surface area contributed by atoms with E-state index in [1.165, 1.54) is 12.1 Å². The zero-order chi connectivity index (χ0) is 19.9. The Morgan fingerprint density at radius 2 is 1.52 bits per heavy atom. The van der Waals surface area contributed by atoms with Crippen LogP contribution in [-0.4, -0.2) is 22.6 Å². The third kappa shape index (κ3) is 2.98. The number of fused-ring (bicyclic) bond motifs is 1. The topological polar surface area (TPSA) is 83.5 Å². The zero-order valence-corrected chi connectivity index (χ0v) is 15.9. The van der Waals surface area contributed by atoms with Gasteiger partial charge in [0.2, 0.25) is 23.1 Å². The molecule has 0 unspecified atom stereocenters. The van der Waals surface area contributed by atoms with E-state index in [1.54, 1.807) is 44.2 Å². The maximum absolute atomic E-state index is 12.9. The standard InChI is InChI=1S/C22H23NO4/c1-12(2)14-9-10-17(18(11-14)23-21(26)13(3)4)22(27)19(24)15-7-5-6-8-16(15)20(22)25/h5-13,27H,1-4H3,(H,23,26). The Balaban J connectivity index is 2.17. The van der Waals surface area contributed by atoms with Crippen LogP contribution in [0, 0.1) is 5.92 Å². The van der Waals surface area contributed by atoms with Crippen LogP contribution in [0.5, 0.6) is 0 Å². The molecule has 1 aliphatic carbocycles. The van der Waals surface area contributed by atoms with E-state index in [2.05, 4.69) is 5.32 Å². The Morgan fingerprint density at radius 3 is 2.00 bits per heavy atom. The monoisotopic (exact) mass is 365 g/mol. The minimum absolute atomic E-state index is 0.104. The van der Waals surface area contributed by atoms with Crippen molar-refractivity contribution in [2.75, 3.05) is 5.32 Å². The fourth-order valence-electron chi connectivity index (χ4n) is 3.23. The molecule has 0 aliphatic heterocycles. The molecule has 0 bridgehead atoms. The van der Waals surface area contributed by atoms with Crippen molar-refractivity contribution in [1.82, 2.24) is 0 Å². The van der Waals surface area contributed by atoms with Crippen LogP contribution >= 0.6 is 0 Å². The average Bonchev–Trinajstić information content (AvgIpc) is 2.84. The third-order valence-corrected chi connectivity index (χ3v) is 4.96. The normalized spacial score (nSPS) is 15.4. The molecule has 0 fully saturated rings. The number of anilines is 1. The number of carbonyl (C=O) groups excluding carboxylic acids is 3. The van der Waals surface area contributed by atoms with Crippen molar-refractivity contribution in [1.29, 1.82) is 0 Å². The molecule has 2 aromatic rings. The van der Waals surface area contributed by atoms with Crippen LogP contribution in [0.3, 0.4) is 0 Å². The zero-order valence-electron chi connectivity index (χ0n) is 15.9. The van der Waals surface area contributed by atoms with Gasteiger partial charge in [0.15, 0.2) is 0 Å². The Morgan fingerprint density at radius 1 is 0.963 bits per heavy atom. The van der Waals surface area contributed by atoms with Gasteiger partial charge in [0.1, 0.15) is 0 Å². The van der Waals surface area contributed by atoms with Crippen molar-refractivity contribution in [2.24, 2.45) is 5.92 Å². The van der Waals surface area contributed by atoms with E-state index in [0.717, 1.165) is 5.56 Å². The minimum atomic E-state index is -2.33. The molecule has 2 aromatic carbocycles. The first-order valence-corrected chi connectivity index (χ1v) is 9.04. The summed E-state index contributed by atoms with van der Waals surface area (Å²) in [5, 5.41) is 14.0. The maximum Gasteiger partial charge on any atom is 0.226 e. The molecule has 0 spiro atoms. The SMILES string of the molecule is CC(C)C(=O)Nc1cc(C(C)C)ccc1C1(O)C(=O)c2ccccc2C1=O. The molecule has 1 aliphatic rings. The van der Waals surface area contributed by atoms with Gasteiger partial charge in [0.05, 0.1) is 0 Å². The molecule has 3 rings (SSSR count). The van der Waals surface area contributed by atoms with E-state index >= 15 is 0 Å². The summed E-state index contributed by atoms with van der Waals surface area (Å²) in [5.41, 5.74) is -0.627. The number of amides is 1. The highest BCUT2D eigenvalue weighted by atomic mass is 16.3. The van der Waals surface area contributed by atoms with Gasteiger partial charge in [-0.15, -0.1) is 0 Å². The summed E-state index contributed by atoms with van der Waals surface area (Å²) >= 11 is 0. The van der Waals surface area contributed by atoms with Crippen LogP contribution in [0.2, 0.25) is 0 Å². The summed E-state index contributed by atoms with van der Waals surface area (Å²) in [7, 11) is 0. The van der Waals surface area contributed by atoms with Crippen LogP contribution in [0.15, 0.2) is 42.5 Å². The number of hydrogen-bond acceptors (Lipinski definition) is 4. The van der Waals surface area contributed by atoms with Gasteiger partial charge in [-0.1, -0.05) is 64.1 Å². The Bertz CT molecular complexity index is 908. The Labute approximate surface area is 158 Å². The number of aliphatic hydroxyl groups is 1. The molecule has 1 amide bonds. The van der Waals surface area contributed by atoms with Crippen LogP contribution in [-0.2, 0) is 10.4 Å². The lowest BCUT2D eigenvalue weighted by Gasteiger charge is -2.24. The number of Topliss-reactive ketones (excluding diaryl/α,β-unsaturated/α-hetero) is 2. The molecule has 2 N–H and O–H groups in total. The number of hydrogen-bond donors (Lipinski definition) is 2. The summed E-state index contributed by atoms with van der Waals surface area (Å²) in [6, 6.07) is 11.4. The van der Waals surface area contributed by atoms with E-state index < -0.39 is 17.2 Å². The minimum Gasteiger partial charge on any atom is -0.370 e. The van der Waals surface area contributed by atoms with Gasteiger partial charge in [0, 0.05) is 28.3 Å². The first-order valence-electron chi connectivity index (χ1n) is 9.04. The molecule has 0 atom stereocenters. The lowest BCUT2D eigenvalue weighted by atomic mass is 9.85. The highest BCUT2D eigenvalue weighted by molar-refractivity contribution is 6.32. The highest BCUT2D eigenvalue weighted by Crippen LogP contribution is 2.41. The second kappa shape index (κ2) is 6.74. The molecular formula is C22H23NO4. The first-order chi connectivity index (χ1) is 12.7. The Hall–Kier alpha value is -2.79. The van der Waals surface area contributed by atoms with Crippen molar-refractivity contribution in [3.8, 4) is 0 Å². The lowest BCUT2D eigenvalue weighted by molar-refractivity contribution is -0.118. The molecule has 27 heavy (non-hydrogen) atoms. The molecule has 0 radical (unpaired) electrons. The molecular weight excluding hydrogens is 342 g/mol. The van der Waals surface area contributed by atoms with E-state index in [9.17, 15) is 19.5 Å². The van der Waals surface area contributed by atoms with Crippen molar-refractivity contribution in [3.05, 3.63) is 64.7 Å². The third-order valence-electron chi connectivity index (χ3n) is 4.96. The fraction of sp³-hybridized carbons (Fsp3) is 0.318. The van der Waals surface area contributed by atoms with E-state index in [1.807, 2.05) is 13.8 Å². The van der Waals surface area contributed by atoms with Gasteiger partial charge in [-0.25, -0.2) is 0 Å². The van der Waals surface area contributed by atoms with E-state index in [-0.39, 0.29) is 40.1 Å². The molecule has 0 saturated carbocycles. The summed E-state index contributed by atoms with van der Waals surface area (Å²) in [6.07, 6.45) is 0. The predicted octanol–water partition coefficient (Wildman–Crippen LogP) is 3.67. The number of benzene rings is 2. The maximum atomic E-state index is 12.9. The smallest absolute Gasteiger partial charge is 0.226 e. The number of carbonyl (C=O) groups is 3. The molecule has 0 aromatic heterocycles. The number of rotatable bonds is 4. The van der Waals surface area contributed by atoms with Gasteiger partial charge < -0.3 is 10.4 Å². The summed E-state index contributed by atoms with van der Waals surface area (Å²) in [6.45, 7) is 7.49. The number of nitrogens with one attached hydrogen (secondary N) is 1. The van der Waals surface area contributed by atoms with Gasteiger partial charge >= 0.3 is 0 Å². The largest absolute Gasteiger partial charge is 0.370 e. The average molecular weight is 365 g/mol. The van der Waals surface area contributed by atoms with E-state index in [0.29, 0.717) is 0 Å². The summed E-state index contributed by atoms with van der Waals surface area (Å²) < 4.78 is 0. The molecule has 140 valence electrons. The second-order valence-corrected chi connectivity index (χ2v) is 7.52. The quantitative estimate of drug-likeness (QED) is 0.810. The molecule has 5 heteroatoms. The predicted molar refractivity (Wildman–Crippen MR) is 103 cm³/mol. The van der Waals surface area contributed by atoms with Crippen LogP contribution < -0.4 is 5.32 Å². The van der Waals surface area contributed by atoms with Gasteiger partial charge in [0.25, 0.3) is 0 Å². The first kappa shape index (κ1) is 19.0.